The monoisotopic (exact) mass is 494 g/mol. The van der Waals surface area contributed by atoms with E-state index in [1.807, 2.05) is 20.8 Å². The van der Waals surface area contributed by atoms with Crippen molar-refractivity contribution in [3.8, 4) is 11.6 Å². The van der Waals surface area contributed by atoms with E-state index in [-0.39, 0.29) is 24.7 Å². The van der Waals surface area contributed by atoms with Gasteiger partial charge in [0.2, 0.25) is 11.7 Å². The lowest BCUT2D eigenvalue weighted by atomic mass is 10.1. The van der Waals surface area contributed by atoms with Gasteiger partial charge in [-0.3, -0.25) is 9.59 Å². The molecule has 188 valence electrons. The van der Waals surface area contributed by atoms with Gasteiger partial charge >= 0.3 is 0 Å². The van der Waals surface area contributed by atoms with Gasteiger partial charge in [-0.2, -0.15) is 4.80 Å². The second-order valence-corrected chi connectivity index (χ2v) is 9.36. The zero-order chi connectivity index (χ0) is 25.9. The number of hydrogen-bond donors (Lipinski definition) is 1. The van der Waals surface area contributed by atoms with Gasteiger partial charge in [0, 0.05) is 12.1 Å². The highest BCUT2D eigenvalue weighted by Gasteiger charge is 2.35. The van der Waals surface area contributed by atoms with Crippen LogP contribution in [-0.4, -0.2) is 42.5 Å². The molecule has 11 heteroatoms. The largest absolute Gasteiger partial charge is 0.467 e. The first-order valence-corrected chi connectivity index (χ1v) is 11.3. The van der Waals surface area contributed by atoms with Crippen molar-refractivity contribution in [3.63, 3.8) is 0 Å². The van der Waals surface area contributed by atoms with Crippen molar-refractivity contribution in [3.05, 3.63) is 77.7 Å². The molecular weight excluding hydrogens is 467 g/mol. The Morgan fingerprint density at radius 2 is 1.89 bits per heavy atom. The first-order chi connectivity index (χ1) is 17.1. The number of aryl methyl sites for hydroxylation is 1. The van der Waals surface area contributed by atoms with Gasteiger partial charge in [-0.1, -0.05) is 12.1 Å². The Morgan fingerprint density at radius 1 is 1.14 bits per heavy atom. The topological polar surface area (TPSA) is 119 Å². The van der Waals surface area contributed by atoms with Gasteiger partial charge in [-0.25, -0.2) is 4.39 Å². The van der Waals surface area contributed by atoms with Crippen LogP contribution in [0.25, 0.3) is 11.6 Å². The quantitative estimate of drug-likeness (QED) is 0.397. The van der Waals surface area contributed by atoms with Crippen LogP contribution in [0.4, 0.5) is 4.39 Å². The number of aromatic nitrogens is 4. The van der Waals surface area contributed by atoms with Crippen molar-refractivity contribution in [1.82, 2.24) is 30.4 Å². The van der Waals surface area contributed by atoms with Crippen LogP contribution in [0.5, 0.6) is 0 Å². The number of hydrogen-bond acceptors (Lipinski definition) is 7. The fraction of sp³-hybridized carbons (Fsp3) is 0.320. The molecule has 4 aromatic rings. The number of nitrogens with zero attached hydrogens (tertiary/aromatic N) is 5. The third-order valence-electron chi connectivity index (χ3n) is 5.15. The standard InChI is InChI=1S/C25H27FN6O4/c1-16-7-12-20(36-16)23-28-30-32(29-23)15-21(33)31(14-17-8-10-18(26)11-9-17)22(19-6-5-13-35-19)24(34)27-25(2,3)4/h5-13,22H,14-15H2,1-4H3,(H,27,34)/t22-/m0/s1. The molecule has 1 N–H and O–H groups in total. The Balaban J connectivity index is 1.66. The molecule has 0 spiro atoms. The lowest BCUT2D eigenvalue weighted by molar-refractivity contribution is -0.143. The van der Waals surface area contributed by atoms with E-state index in [4.69, 9.17) is 8.83 Å². The zero-order valence-electron chi connectivity index (χ0n) is 20.4. The number of carbonyl (C=O) groups excluding carboxylic acids is 2. The number of amides is 2. The molecule has 3 aromatic heterocycles. The molecule has 4 rings (SSSR count). The number of nitrogens with one attached hydrogen (secondary N) is 1. The third-order valence-corrected chi connectivity index (χ3v) is 5.15. The lowest BCUT2D eigenvalue weighted by Gasteiger charge is -2.32. The van der Waals surface area contributed by atoms with E-state index in [1.165, 1.54) is 23.3 Å². The second kappa shape index (κ2) is 10.1. The maximum absolute atomic E-state index is 13.6. The van der Waals surface area contributed by atoms with Crippen LogP contribution in [-0.2, 0) is 22.7 Å². The highest BCUT2D eigenvalue weighted by molar-refractivity contribution is 5.88. The summed E-state index contributed by atoms with van der Waals surface area (Å²) in [5.74, 6) is 0.328. The molecule has 0 radical (unpaired) electrons. The minimum atomic E-state index is -1.09. The number of furan rings is 2. The Labute approximate surface area is 207 Å². The van der Waals surface area contributed by atoms with Crippen LogP contribution in [0.2, 0.25) is 0 Å². The van der Waals surface area contributed by atoms with Crippen molar-refractivity contribution in [2.24, 2.45) is 0 Å². The van der Waals surface area contributed by atoms with Crippen molar-refractivity contribution in [1.29, 1.82) is 0 Å². The van der Waals surface area contributed by atoms with Gasteiger partial charge < -0.3 is 19.1 Å². The summed E-state index contributed by atoms with van der Waals surface area (Å²) in [6.45, 7) is 7.03. The van der Waals surface area contributed by atoms with Crippen LogP contribution in [0.15, 0.2) is 63.6 Å². The first-order valence-electron chi connectivity index (χ1n) is 11.3. The van der Waals surface area contributed by atoms with Crippen molar-refractivity contribution in [2.75, 3.05) is 0 Å². The zero-order valence-corrected chi connectivity index (χ0v) is 20.4. The summed E-state index contributed by atoms with van der Waals surface area (Å²) >= 11 is 0. The molecule has 0 aliphatic rings. The number of tetrazole rings is 1. The van der Waals surface area contributed by atoms with Crippen molar-refractivity contribution >= 4 is 11.8 Å². The molecule has 1 atom stereocenters. The van der Waals surface area contributed by atoms with E-state index in [0.717, 1.165) is 4.80 Å². The molecule has 2 amide bonds. The molecule has 0 saturated carbocycles. The minimum Gasteiger partial charge on any atom is -0.467 e. The highest BCUT2D eigenvalue weighted by Crippen LogP contribution is 2.26. The molecule has 0 aliphatic carbocycles. The Kier molecular flexibility index (Phi) is 7.00. The van der Waals surface area contributed by atoms with Crippen LogP contribution >= 0.6 is 0 Å². The smallest absolute Gasteiger partial charge is 0.251 e. The fourth-order valence-electron chi connectivity index (χ4n) is 3.59. The molecule has 1 aromatic carbocycles. The third kappa shape index (κ3) is 6.04. The molecular formula is C25H27FN6O4. The number of carbonyl (C=O) groups is 2. The molecule has 3 heterocycles. The van der Waals surface area contributed by atoms with E-state index in [2.05, 4.69) is 20.7 Å². The van der Waals surface area contributed by atoms with Gasteiger partial charge in [-0.05, 0) is 74.9 Å². The van der Waals surface area contributed by atoms with Gasteiger partial charge in [-0.15, -0.1) is 10.2 Å². The molecule has 10 nitrogen and oxygen atoms in total. The maximum atomic E-state index is 13.6. The van der Waals surface area contributed by atoms with E-state index in [9.17, 15) is 14.0 Å². The fourth-order valence-corrected chi connectivity index (χ4v) is 3.59. The van der Waals surface area contributed by atoms with Crippen molar-refractivity contribution < 1.29 is 22.8 Å². The molecule has 0 aliphatic heterocycles. The predicted octanol–water partition coefficient (Wildman–Crippen LogP) is 3.66. The first kappa shape index (κ1) is 24.8. The van der Waals surface area contributed by atoms with Gasteiger partial charge in [0.05, 0.1) is 6.26 Å². The second-order valence-electron chi connectivity index (χ2n) is 9.36. The molecule has 0 saturated heterocycles. The molecule has 36 heavy (non-hydrogen) atoms. The van der Waals surface area contributed by atoms with E-state index >= 15 is 0 Å². The van der Waals surface area contributed by atoms with Gasteiger partial charge in [0.15, 0.2) is 11.8 Å². The Hall–Kier alpha value is -4.28. The van der Waals surface area contributed by atoms with Crippen LogP contribution < -0.4 is 5.32 Å². The van der Waals surface area contributed by atoms with Gasteiger partial charge in [0.25, 0.3) is 5.91 Å². The summed E-state index contributed by atoms with van der Waals surface area (Å²) in [4.78, 5) is 29.5. The van der Waals surface area contributed by atoms with E-state index in [0.29, 0.717) is 17.1 Å². The summed E-state index contributed by atoms with van der Waals surface area (Å²) < 4.78 is 24.6. The SMILES string of the molecule is Cc1ccc(-c2nnn(CC(=O)N(Cc3ccc(F)cc3)[C@H](C(=O)NC(C)(C)C)c3ccco3)n2)o1. The summed E-state index contributed by atoms with van der Waals surface area (Å²) in [6.07, 6.45) is 1.43. The Bertz CT molecular complexity index is 1320. The number of benzene rings is 1. The summed E-state index contributed by atoms with van der Waals surface area (Å²) in [7, 11) is 0. The summed E-state index contributed by atoms with van der Waals surface area (Å²) in [6, 6.07) is 11.4. The van der Waals surface area contributed by atoms with Gasteiger partial charge in [0.1, 0.15) is 23.9 Å². The molecule has 0 bridgehead atoms. The maximum Gasteiger partial charge on any atom is 0.251 e. The number of rotatable bonds is 8. The lowest BCUT2D eigenvalue weighted by Crippen LogP contribution is -2.49. The van der Waals surface area contributed by atoms with E-state index < -0.39 is 29.2 Å². The van der Waals surface area contributed by atoms with Crippen LogP contribution in [0, 0.1) is 12.7 Å². The summed E-state index contributed by atoms with van der Waals surface area (Å²) in [5.41, 5.74) is 0.0685. The number of halogens is 1. The van der Waals surface area contributed by atoms with Crippen LogP contribution in [0.1, 0.15) is 43.9 Å². The normalized spacial score (nSPS) is 12.4. The molecule has 0 fully saturated rings. The highest BCUT2D eigenvalue weighted by atomic mass is 19.1. The Morgan fingerprint density at radius 3 is 2.50 bits per heavy atom. The minimum absolute atomic E-state index is 0.0149. The van der Waals surface area contributed by atoms with Crippen molar-refractivity contribution in [2.45, 2.75) is 52.4 Å². The average Bonchev–Trinajstić information content (AvgIpc) is 3.56. The molecule has 0 unspecified atom stereocenters. The predicted molar refractivity (Wildman–Crippen MR) is 127 cm³/mol. The van der Waals surface area contributed by atoms with E-state index in [1.54, 1.807) is 43.3 Å². The van der Waals surface area contributed by atoms with Crippen LogP contribution in [0.3, 0.4) is 0 Å². The average molecular weight is 495 g/mol. The summed E-state index contributed by atoms with van der Waals surface area (Å²) in [5, 5.41) is 15.1.